The quantitative estimate of drug-likeness (QED) is 0.190. The number of benzene rings is 5. The van der Waals surface area contributed by atoms with Crippen molar-refractivity contribution in [3.63, 3.8) is 0 Å². The first-order valence-corrected chi connectivity index (χ1v) is 15.9. The van der Waals surface area contributed by atoms with Crippen molar-refractivity contribution in [1.29, 1.82) is 0 Å². The van der Waals surface area contributed by atoms with Crippen molar-refractivity contribution in [3.8, 4) is 45.3 Å². The molecule has 0 aliphatic carbocycles. The molecule has 1 heterocycles. The monoisotopic (exact) mass is 602 g/mol. The predicted octanol–water partition coefficient (Wildman–Crippen LogP) is 10.8. The summed E-state index contributed by atoms with van der Waals surface area (Å²) in [6.07, 6.45) is 0. The molecule has 0 atom stereocenters. The van der Waals surface area contributed by atoms with Crippen molar-refractivity contribution in [2.24, 2.45) is 0 Å². The molecule has 0 aliphatic heterocycles. The highest BCUT2D eigenvalue weighted by Gasteiger charge is 2.21. The molecule has 4 nitrogen and oxygen atoms in total. The SMILES string of the molecule is Cc1cc(C)cc(N(C)c2ccc(-c3c(C)cc(C)c(-c4nc(-c5ccccc5)nc(-c5c(C)cc(C)cc5C)n4)c3C)cc2)c1. The van der Waals surface area contributed by atoms with Gasteiger partial charge in [0, 0.05) is 35.1 Å². The molecule has 0 amide bonds. The molecule has 5 aromatic carbocycles. The average molecular weight is 603 g/mol. The van der Waals surface area contributed by atoms with Gasteiger partial charge in [-0.15, -0.1) is 0 Å². The van der Waals surface area contributed by atoms with Gasteiger partial charge in [-0.3, -0.25) is 0 Å². The summed E-state index contributed by atoms with van der Waals surface area (Å²) in [5.41, 5.74) is 17.5. The fourth-order valence-electron chi connectivity index (χ4n) is 6.97. The van der Waals surface area contributed by atoms with Gasteiger partial charge < -0.3 is 4.90 Å². The second-order valence-electron chi connectivity index (χ2n) is 12.8. The van der Waals surface area contributed by atoms with Gasteiger partial charge in [-0.25, -0.2) is 15.0 Å². The topological polar surface area (TPSA) is 41.9 Å². The molecule has 0 aliphatic rings. The van der Waals surface area contributed by atoms with Gasteiger partial charge in [0.05, 0.1) is 0 Å². The maximum Gasteiger partial charge on any atom is 0.164 e. The first-order chi connectivity index (χ1) is 22.0. The lowest BCUT2D eigenvalue weighted by atomic mass is 9.88. The Kier molecular flexibility index (Phi) is 8.31. The smallest absolute Gasteiger partial charge is 0.164 e. The van der Waals surface area contributed by atoms with Crippen LogP contribution in [0, 0.1) is 55.4 Å². The maximum atomic E-state index is 5.19. The molecular weight excluding hydrogens is 560 g/mol. The van der Waals surface area contributed by atoms with Crippen molar-refractivity contribution in [1.82, 2.24) is 15.0 Å². The van der Waals surface area contributed by atoms with Gasteiger partial charge in [-0.05, 0) is 130 Å². The van der Waals surface area contributed by atoms with E-state index in [4.69, 9.17) is 15.0 Å². The van der Waals surface area contributed by atoms with Crippen molar-refractivity contribution in [2.75, 3.05) is 11.9 Å². The van der Waals surface area contributed by atoms with Crippen LogP contribution in [0.3, 0.4) is 0 Å². The van der Waals surface area contributed by atoms with Crippen molar-refractivity contribution < 1.29 is 0 Å². The zero-order chi connectivity index (χ0) is 32.7. The fourth-order valence-corrected chi connectivity index (χ4v) is 6.97. The Bertz CT molecular complexity index is 2030. The van der Waals surface area contributed by atoms with Gasteiger partial charge in [-0.1, -0.05) is 72.3 Å². The van der Waals surface area contributed by atoms with E-state index in [1.807, 2.05) is 18.2 Å². The van der Waals surface area contributed by atoms with Crippen LogP contribution in [-0.2, 0) is 0 Å². The van der Waals surface area contributed by atoms with Gasteiger partial charge in [0.25, 0.3) is 0 Å². The minimum Gasteiger partial charge on any atom is -0.345 e. The molecule has 0 radical (unpaired) electrons. The minimum absolute atomic E-state index is 0.680. The highest BCUT2D eigenvalue weighted by molar-refractivity contribution is 5.82. The summed E-state index contributed by atoms with van der Waals surface area (Å²) in [5.74, 6) is 2.09. The Hall–Kier alpha value is -5.09. The maximum absolute atomic E-state index is 5.19. The third-order valence-electron chi connectivity index (χ3n) is 8.90. The van der Waals surface area contributed by atoms with Crippen LogP contribution in [0.25, 0.3) is 45.3 Å². The predicted molar refractivity (Wildman–Crippen MR) is 194 cm³/mol. The molecule has 46 heavy (non-hydrogen) atoms. The lowest BCUT2D eigenvalue weighted by molar-refractivity contribution is 1.06. The van der Waals surface area contributed by atoms with Crippen LogP contribution >= 0.6 is 0 Å². The summed E-state index contributed by atoms with van der Waals surface area (Å²) in [4.78, 5) is 17.6. The minimum atomic E-state index is 0.680. The standard InChI is InChI=1S/C42H42N4/c1-25-19-26(2)23-36(22-25)46(9)35-17-15-33(16-18-35)38-30(6)24-31(7)39(32(38)8)42-44-40(34-13-11-10-12-14-34)43-41(45-42)37-28(4)20-27(3)21-29(37)5/h10-24H,1-9H3. The third-order valence-corrected chi connectivity index (χ3v) is 8.90. The molecule has 0 unspecified atom stereocenters. The highest BCUT2D eigenvalue weighted by atomic mass is 15.1. The lowest BCUT2D eigenvalue weighted by Crippen LogP contribution is -2.09. The largest absolute Gasteiger partial charge is 0.345 e. The normalized spacial score (nSPS) is 11.2. The molecule has 0 bridgehead atoms. The molecule has 0 spiro atoms. The van der Waals surface area contributed by atoms with Crippen LogP contribution in [0.4, 0.5) is 11.4 Å². The molecule has 0 fully saturated rings. The third kappa shape index (κ3) is 5.95. The molecular formula is C42H42N4. The van der Waals surface area contributed by atoms with E-state index in [1.54, 1.807) is 0 Å². The molecule has 6 aromatic rings. The Morgan fingerprint density at radius 1 is 0.413 bits per heavy atom. The van der Waals surface area contributed by atoms with Gasteiger partial charge in [-0.2, -0.15) is 0 Å². The number of anilines is 2. The average Bonchev–Trinajstić information content (AvgIpc) is 3.00. The van der Waals surface area contributed by atoms with Crippen LogP contribution in [-0.4, -0.2) is 22.0 Å². The number of aryl methyl sites for hydroxylation is 7. The van der Waals surface area contributed by atoms with Crippen LogP contribution < -0.4 is 4.90 Å². The zero-order valence-corrected chi connectivity index (χ0v) is 28.4. The lowest BCUT2D eigenvalue weighted by Gasteiger charge is -2.22. The first kappa shape index (κ1) is 30.9. The summed E-state index contributed by atoms with van der Waals surface area (Å²) < 4.78 is 0. The van der Waals surface area contributed by atoms with Crippen molar-refractivity contribution >= 4 is 11.4 Å². The zero-order valence-electron chi connectivity index (χ0n) is 28.4. The molecule has 0 saturated carbocycles. The second kappa shape index (κ2) is 12.4. The van der Waals surface area contributed by atoms with Gasteiger partial charge >= 0.3 is 0 Å². The Labute approximate surface area is 273 Å². The van der Waals surface area contributed by atoms with Gasteiger partial charge in [0.15, 0.2) is 17.5 Å². The molecule has 0 saturated heterocycles. The van der Waals surface area contributed by atoms with Crippen LogP contribution in [0.15, 0.2) is 91.0 Å². The Morgan fingerprint density at radius 2 is 0.913 bits per heavy atom. The van der Waals surface area contributed by atoms with E-state index in [9.17, 15) is 0 Å². The first-order valence-electron chi connectivity index (χ1n) is 15.9. The summed E-state index contributed by atoms with van der Waals surface area (Å²) in [6.45, 7) is 17.3. The van der Waals surface area contributed by atoms with E-state index in [-0.39, 0.29) is 0 Å². The van der Waals surface area contributed by atoms with E-state index < -0.39 is 0 Å². The van der Waals surface area contributed by atoms with E-state index in [1.165, 1.54) is 44.6 Å². The summed E-state index contributed by atoms with van der Waals surface area (Å²) in [6, 6.07) is 32.4. The van der Waals surface area contributed by atoms with Crippen molar-refractivity contribution in [3.05, 3.63) is 136 Å². The number of nitrogens with zero attached hydrogens (tertiary/aromatic N) is 4. The van der Waals surface area contributed by atoms with Crippen LogP contribution in [0.1, 0.15) is 44.5 Å². The molecule has 4 heteroatoms. The van der Waals surface area contributed by atoms with Gasteiger partial charge in [0.2, 0.25) is 0 Å². The number of rotatable bonds is 6. The Morgan fingerprint density at radius 3 is 1.52 bits per heavy atom. The Balaban J connectivity index is 1.49. The van der Waals surface area contributed by atoms with E-state index in [0.29, 0.717) is 17.5 Å². The molecule has 0 N–H and O–H groups in total. The molecule has 1 aromatic heterocycles. The van der Waals surface area contributed by atoms with E-state index in [2.05, 4.69) is 140 Å². The van der Waals surface area contributed by atoms with Crippen LogP contribution in [0.2, 0.25) is 0 Å². The number of aromatic nitrogens is 3. The fraction of sp³-hybridized carbons (Fsp3) is 0.214. The number of hydrogen-bond acceptors (Lipinski definition) is 4. The number of hydrogen-bond donors (Lipinski definition) is 0. The summed E-state index contributed by atoms with van der Waals surface area (Å²) in [7, 11) is 2.13. The van der Waals surface area contributed by atoms with E-state index >= 15 is 0 Å². The highest BCUT2D eigenvalue weighted by Crippen LogP contribution is 2.38. The van der Waals surface area contributed by atoms with Crippen molar-refractivity contribution in [2.45, 2.75) is 55.4 Å². The van der Waals surface area contributed by atoms with Gasteiger partial charge in [0.1, 0.15) is 0 Å². The van der Waals surface area contributed by atoms with Crippen LogP contribution in [0.5, 0.6) is 0 Å². The summed E-state index contributed by atoms with van der Waals surface area (Å²) in [5, 5.41) is 0. The van der Waals surface area contributed by atoms with E-state index in [0.717, 1.165) is 39.1 Å². The molecule has 6 rings (SSSR count). The summed E-state index contributed by atoms with van der Waals surface area (Å²) >= 11 is 0. The second-order valence-corrected chi connectivity index (χ2v) is 12.8. The molecule has 230 valence electrons.